The Labute approximate surface area is 148 Å². The van der Waals surface area contributed by atoms with Gasteiger partial charge in [0.15, 0.2) is 0 Å². The van der Waals surface area contributed by atoms with Crippen molar-refractivity contribution in [3.8, 4) is 23.0 Å². The van der Waals surface area contributed by atoms with Crippen molar-refractivity contribution in [3.63, 3.8) is 0 Å². The zero-order valence-corrected chi connectivity index (χ0v) is 15.2. The quantitative estimate of drug-likeness (QED) is 0.764. The summed E-state index contributed by atoms with van der Waals surface area (Å²) < 4.78 is 21.5. The first kappa shape index (κ1) is 19.6. The summed E-state index contributed by atoms with van der Waals surface area (Å²) in [6.45, 7) is 0.538. The van der Waals surface area contributed by atoms with Crippen LogP contribution in [0.15, 0.2) is 36.4 Å². The van der Waals surface area contributed by atoms with Crippen LogP contribution in [0.3, 0.4) is 0 Å². The molecule has 2 aromatic rings. The summed E-state index contributed by atoms with van der Waals surface area (Å²) in [6, 6.07) is 11.4. The minimum Gasteiger partial charge on any atom is -0.496 e. The molecule has 0 saturated carbocycles. The molecular formula is C18H23NO4S. The highest BCUT2D eigenvalue weighted by atomic mass is 32.1. The molecule has 0 unspecified atom stereocenters. The van der Waals surface area contributed by atoms with Crippen molar-refractivity contribution < 1.29 is 18.9 Å². The molecule has 0 spiro atoms. The van der Waals surface area contributed by atoms with Crippen LogP contribution >= 0.6 is 12.2 Å². The highest BCUT2D eigenvalue weighted by Gasteiger charge is 2.13. The van der Waals surface area contributed by atoms with E-state index in [1.165, 1.54) is 0 Å². The van der Waals surface area contributed by atoms with Gasteiger partial charge < -0.3 is 24.3 Å². The van der Waals surface area contributed by atoms with Crippen LogP contribution in [0.25, 0.3) is 0 Å². The van der Waals surface area contributed by atoms with Crippen LogP contribution in [0.4, 0.5) is 5.69 Å². The minimum absolute atomic E-state index is 0.538. The number of para-hydroxylation sites is 2. The van der Waals surface area contributed by atoms with E-state index in [2.05, 4.69) is 23.4 Å². The van der Waals surface area contributed by atoms with Crippen molar-refractivity contribution in [2.75, 3.05) is 33.8 Å². The molecule has 2 rings (SSSR count). The fraction of sp³-hybridized carbons (Fsp3) is 0.278. The van der Waals surface area contributed by atoms with Gasteiger partial charge in [0.25, 0.3) is 0 Å². The van der Waals surface area contributed by atoms with Crippen molar-refractivity contribution in [1.29, 1.82) is 0 Å². The van der Waals surface area contributed by atoms with E-state index in [1.54, 1.807) is 28.4 Å². The molecule has 0 radical (unpaired) electrons. The predicted molar refractivity (Wildman–Crippen MR) is 101 cm³/mol. The lowest BCUT2D eigenvalue weighted by molar-refractivity contribution is 0.369. The second-order valence-electron chi connectivity index (χ2n) is 4.56. The molecule has 1 N–H and O–H groups in total. The van der Waals surface area contributed by atoms with Crippen molar-refractivity contribution in [2.24, 2.45) is 0 Å². The van der Waals surface area contributed by atoms with E-state index in [4.69, 9.17) is 18.9 Å². The van der Waals surface area contributed by atoms with E-state index in [9.17, 15) is 0 Å². The van der Waals surface area contributed by atoms with Crippen LogP contribution in [0.2, 0.25) is 0 Å². The van der Waals surface area contributed by atoms with Gasteiger partial charge in [0.2, 0.25) is 0 Å². The summed E-state index contributed by atoms with van der Waals surface area (Å²) in [5.41, 5.74) is 1.82. The Morgan fingerprint density at radius 3 is 1.88 bits per heavy atom. The molecule has 0 heterocycles. The Morgan fingerprint density at radius 2 is 1.38 bits per heavy atom. The Kier molecular flexibility index (Phi) is 8.43. The Balaban J connectivity index is 0.00000139. The molecule has 0 aromatic heterocycles. The van der Waals surface area contributed by atoms with Crippen molar-refractivity contribution in [3.05, 3.63) is 42.0 Å². The molecular weight excluding hydrogens is 326 g/mol. The zero-order valence-electron chi connectivity index (χ0n) is 14.4. The van der Waals surface area contributed by atoms with Gasteiger partial charge in [-0.2, -0.15) is 0 Å². The second-order valence-corrected chi connectivity index (χ2v) is 4.56. The standard InChI is InChI=1S/C17H21NO4.CH2S/c1-19-12-9-16(21-3)13(17(10-12)22-4)11-18-14-7-5-6-8-15(14)20-2;1-2/h5-10,18H,11H2,1-4H3;1H2. The van der Waals surface area contributed by atoms with E-state index in [0.717, 1.165) is 17.0 Å². The molecule has 5 nitrogen and oxygen atoms in total. The van der Waals surface area contributed by atoms with Gasteiger partial charge in [-0.25, -0.2) is 0 Å². The maximum absolute atomic E-state index is 5.44. The van der Waals surface area contributed by atoms with E-state index in [-0.39, 0.29) is 0 Å². The summed E-state index contributed by atoms with van der Waals surface area (Å²) in [4.78, 5) is 0. The molecule has 0 bridgehead atoms. The van der Waals surface area contributed by atoms with Gasteiger partial charge in [0.05, 0.1) is 39.7 Å². The summed E-state index contributed by atoms with van der Waals surface area (Å²) in [5.74, 6) is 5.72. The minimum atomic E-state index is 0.538. The predicted octanol–water partition coefficient (Wildman–Crippen LogP) is 3.95. The molecule has 0 saturated heterocycles. The molecule has 0 aliphatic heterocycles. The maximum Gasteiger partial charge on any atom is 0.141 e. The maximum atomic E-state index is 5.44. The van der Waals surface area contributed by atoms with Crippen molar-refractivity contribution >= 4 is 23.8 Å². The highest BCUT2D eigenvalue weighted by Crippen LogP contribution is 2.35. The average Bonchev–Trinajstić information content (AvgIpc) is 2.67. The van der Waals surface area contributed by atoms with Crippen molar-refractivity contribution in [1.82, 2.24) is 0 Å². The van der Waals surface area contributed by atoms with Gasteiger partial charge in [0.1, 0.15) is 23.0 Å². The fourth-order valence-electron chi connectivity index (χ4n) is 2.23. The molecule has 6 heteroatoms. The van der Waals surface area contributed by atoms with Crippen molar-refractivity contribution in [2.45, 2.75) is 6.54 Å². The van der Waals surface area contributed by atoms with Gasteiger partial charge in [-0.3, -0.25) is 0 Å². The van der Waals surface area contributed by atoms with Crippen LogP contribution < -0.4 is 24.3 Å². The third kappa shape index (κ3) is 4.76. The third-order valence-electron chi connectivity index (χ3n) is 3.38. The molecule has 2 aromatic carbocycles. The average molecular weight is 349 g/mol. The highest BCUT2D eigenvalue weighted by molar-refractivity contribution is 7.77. The first-order chi connectivity index (χ1) is 11.7. The number of hydrogen-bond acceptors (Lipinski definition) is 6. The van der Waals surface area contributed by atoms with E-state index >= 15 is 0 Å². The SMILES string of the molecule is C=S.COc1cc(OC)c(CNc2ccccc2OC)c(OC)c1. The monoisotopic (exact) mass is 349 g/mol. The first-order valence-electron chi connectivity index (χ1n) is 7.18. The molecule has 0 amide bonds. The van der Waals surface area contributed by atoms with Crippen LogP contribution in [0.1, 0.15) is 5.56 Å². The summed E-state index contributed by atoms with van der Waals surface area (Å²) in [5, 5.41) is 3.34. The van der Waals surface area contributed by atoms with Crippen LogP contribution in [-0.4, -0.2) is 34.3 Å². The largest absolute Gasteiger partial charge is 0.496 e. The van der Waals surface area contributed by atoms with Gasteiger partial charge in [0, 0.05) is 18.7 Å². The first-order valence-corrected chi connectivity index (χ1v) is 7.75. The van der Waals surface area contributed by atoms with E-state index in [0.29, 0.717) is 23.8 Å². The van der Waals surface area contributed by atoms with Gasteiger partial charge >= 0.3 is 0 Å². The fourth-order valence-corrected chi connectivity index (χ4v) is 2.23. The number of nitrogens with one attached hydrogen (secondary N) is 1. The molecule has 130 valence electrons. The van der Waals surface area contributed by atoms with Crippen LogP contribution in [-0.2, 0) is 6.54 Å². The number of thiocarbonyl (C=S) groups is 1. The number of benzene rings is 2. The Bertz CT molecular complexity index is 624. The van der Waals surface area contributed by atoms with Gasteiger partial charge in [-0.05, 0) is 18.0 Å². The molecule has 0 aliphatic carbocycles. The number of anilines is 1. The smallest absolute Gasteiger partial charge is 0.141 e. The van der Waals surface area contributed by atoms with Crippen LogP contribution in [0.5, 0.6) is 23.0 Å². The lowest BCUT2D eigenvalue weighted by atomic mass is 10.1. The van der Waals surface area contributed by atoms with Gasteiger partial charge in [-0.15, -0.1) is 0 Å². The molecule has 0 atom stereocenters. The number of rotatable bonds is 7. The summed E-state index contributed by atoms with van der Waals surface area (Å²) in [6.07, 6.45) is 0. The third-order valence-corrected chi connectivity index (χ3v) is 3.38. The molecule has 0 aliphatic rings. The van der Waals surface area contributed by atoms with E-state index < -0.39 is 0 Å². The Morgan fingerprint density at radius 1 is 0.833 bits per heavy atom. The second kappa shape index (κ2) is 10.3. The number of ether oxygens (including phenoxy) is 4. The summed E-state index contributed by atoms with van der Waals surface area (Å²) >= 11 is 3.83. The van der Waals surface area contributed by atoms with Crippen LogP contribution in [0, 0.1) is 0 Å². The van der Waals surface area contributed by atoms with E-state index in [1.807, 2.05) is 36.4 Å². The number of hydrogen-bond donors (Lipinski definition) is 1. The molecule has 24 heavy (non-hydrogen) atoms. The Hall–Kier alpha value is -2.47. The summed E-state index contributed by atoms with van der Waals surface area (Å²) in [7, 11) is 6.51. The lowest BCUT2D eigenvalue weighted by Gasteiger charge is -2.17. The molecule has 0 fully saturated rings. The number of methoxy groups -OCH3 is 4. The van der Waals surface area contributed by atoms with Gasteiger partial charge in [-0.1, -0.05) is 24.4 Å². The lowest BCUT2D eigenvalue weighted by Crippen LogP contribution is -2.05. The zero-order chi connectivity index (χ0) is 17.9. The normalized spacial score (nSPS) is 9.33. The topological polar surface area (TPSA) is 49.0 Å².